The van der Waals surface area contributed by atoms with Crippen molar-refractivity contribution in [1.82, 2.24) is 9.78 Å². The van der Waals surface area contributed by atoms with E-state index in [4.69, 9.17) is 0 Å². The van der Waals surface area contributed by atoms with Gasteiger partial charge in [0, 0.05) is 12.3 Å². The second kappa shape index (κ2) is 8.00. The Morgan fingerprint density at radius 2 is 1.69 bits per heavy atom. The first-order valence-electron chi connectivity index (χ1n) is 9.03. The molecule has 3 rings (SSSR count). The maximum Gasteiger partial charge on any atom is 0.232 e. The molecule has 0 fully saturated rings. The van der Waals surface area contributed by atoms with Crippen molar-refractivity contribution in [3.05, 3.63) is 78.0 Å². The maximum absolute atomic E-state index is 12.6. The van der Waals surface area contributed by atoms with Gasteiger partial charge in [-0.2, -0.15) is 5.10 Å². The average Bonchev–Trinajstić information content (AvgIpc) is 3.10. The first kappa shape index (κ1) is 17.9. The zero-order valence-electron chi connectivity index (χ0n) is 15.5. The van der Waals surface area contributed by atoms with E-state index in [0.717, 1.165) is 17.7 Å². The maximum atomic E-state index is 12.6. The molecule has 3 aromatic rings. The van der Waals surface area contributed by atoms with Gasteiger partial charge in [-0.05, 0) is 42.5 Å². The molecule has 0 saturated heterocycles. The van der Waals surface area contributed by atoms with Gasteiger partial charge in [-0.25, -0.2) is 4.68 Å². The van der Waals surface area contributed by atoms with Crippen LogP contribution < -0.4 is 5.32 Å². The van der Waals surface area contributed by atoms with E-state index < -0.39 is 0 Å². The molecule has 0 spiro atoms. The van der Waals surface area contributed by atoms with Crippen molar-refractivity contribution in [2.24, 2.45) is 5.92 Å². The molecule has 1 N–H and O–H groups in total. The minimum absolute atomic E-state index is 0.0556. The molecule has 134 valence electrons. The molecule has 0 aliphatic rings. The SMILES string of the molecule is CC(C)Cc1ccc(C(C)C(=O)Nc2ccn(-c3ccccc3)n2)cc1. The number of hydrogen-bond donors (Lipinski definition) is 1. The Kier molecular flexibility index (Phi) is 5.52. The van der Waals surface area contributed by atoms with Crippen LogP contribution in [0.25, 0.3) is 5.69 Å². The number of nitrogens with zero attached hydrogens (tertiary/aromatic N) is 2. The molecule has 0 saturated carbocycles. The molecule has 1 aromatic heterocycles. The van der Waals surface area contributed by atoms with Crippen molar-refractivity contribution in [2.75, 3.05) is 5.32 Å². The lowest BCUT2D eigenvalue weighted by Crippen LogP contribution is -2.19. The summed E-state index contributed by atoms with van der Waals surface area (Å²) in [6, 6.07) is 20.0. The lowest BCUT2D eigenvalue weighted by Gasteiger charge is -2.12. The van der Waals surface area contributed by atoms with Crippen molar-refractivity contribution < 1.29 is 4.79 Å². The predicted molar refractivity (Wildman–Crippen MR) is 106 cm³/mol. The molecule has 0 bridgehead atoms. The summed E-state index contributed by atoms with van der Waals surface area (Å²) in [6.07, 6.45) is 2.90. The van der Waals surface area contributed by atoms with E-state index in [0.29, 0.717) is 11.7 Å². The van der Waals surface area contributed by atoms with Gasteiger partial charge in [0.25, 0.3) is 0 Å². The van der Waals surface area contributed by atoms with E-state index in [9.17, 15) is 4.79 Å². The summed E-state index contributed by atoms with van der Waals surface area (Å²) in [6.45, 7) is 6.33. The molecule has 0 aliphatic heterocycles. The first-order chi connectivity index (χ1) is 12.5. The van der Waals surface area contributed by atoms with Crippen molar-refractivity contribution >= 4 is 11.7 Å². The number of amides is 1. The third kappa shape index (κ3) is 4.39. The van der Waals surface area contributed by atoms with Crippen LogP contribution in [0.4, 0.5) is 5.82 Å². The highest BCUT2D eigenvalue weighted by atomic mass is 16.1. The summed E-state index contributed by atoms with van der Waals surface area (Å²) in [7, 11) is 0. The molecule has 2 aromatic carbocycles. The second-order valence-electron chi connectivity index (χ2n) is 7.03. The summed E-state index contributed by atoms with van der Waals surface area (Å²) in [5.41, 5.74) is 3.28. The molecule has 0 radical (unpaired) electrons. The molecule has 1 heterocycles. The van der Waals surface area contributed by atoms with Gasteiger partial charge in [0.1, 0.15) is 0 Å². The number of benzene rings is 2. The number of hydrogen-bond acceptors (Lipinski definition) is 2. The van der Waals surface area contributed by atoms with E-state index >= 15 is 0 Å². The van der Waals surface area contributed by atoms with Crippen molar-refractivity contribution in [1.29, 1.82) is 0 Å². The topological polar surface area (TPSA) is 46.9 Å². The summed E-state index contributed by atoms with van der Waals surface area (Å²) in [5.74, 6) is 0.897. The van der Waals surface area contributed by atoms with Gasteiger partial charge >= 0.3 is 0 Å². The minimum Gasteiger partial charge on any atom is -0.309 e. The number of para-hydroxylation sites is 1. The fraction of sp³-hybridized carbons (Fsp3) is 0.273. The van der Waals surface area contributed by atoms with E-state index in [-0.39, 0.29) is 11.8 Å². The van der Waals surface area contributed by atoms with Gasteiger partial charge in [-0.15, -0.1) is 0 Å². The number of rotatable bonds is 6. The number of nitrogens with one attached hydrogen (secondary N) is 1. The fourth-order valence-electron chi connectivity index (χ4n) is 2.91. The highest BCUT2D eigenvalue weighted by molar-refractivity contribution is 5.94. The third-order valence-corrected chi connectivity index (χ3v) is 4.38. The number of carbonyl (C=O) groups is 1. The van der Waals surface area contributed by atoms with Crippen LogP contribution in [0.1, 0.15) is 37.8 Å². The second-order valence-corrected chi connectivity index (χ2v) is 7.03. The van der Waals surface area contributed by atoms with Gasteiger partial charge in [0.15, 0.2) is 5.82 Å². The summed E-state index contributed by atoms with van der Waals surface area (Å²) < 4.78 is 1.75. The van der Waals surface area contributed by atoms with Crippen LogP contribution >= 0.6 is 0 Å². The summed E-state index contributed by atoms with van der Waals surface area (Å²) in [5, 5.41) is 7.33. The summed E-state index contributed by atoms with van der Waals surface area (Å²) in [4.78, 5) is 12.6. The predicted octanol–water partition coefficient (Wildman–Crippen LogP) is 4.81. The number of aromatic nitrogens is 2. The smallest absolute Gasteiger partial charge is 0.232 e. The minimum atomic E-state index is -0.232. The Bertz CT molecular complexity index is 851. The molecular formula is C22H25N3O. The third-order valence-electron chi connectivity index (χ3n) is 4.38. The molecule has 4 nitrogen and oxygen atoms in total. The lowest BCUT2D eigenvalue weighted by atomic mass is 9.96. The molecular weight excluding hydrogens is 322 g/mol. The molecule has 26 heavy (non-hydrogen) atoms. The standard InChI is InChI=1S/C22H25N3O/c1-16(2)15-18-9-11-19(12-10-18)17(3)22(26)23-21-13-14-25(24-21)20-7-5-4-6-8-20/h4-14,16-17H,15H2,1-3H3,(H,23,24,26). The van der Waals surface area contributed by atoms with Gasteiger partial charge in [0.05, 0.1) is 11.6 Å². The van der Waals surface area contributed by atoms with Crippen LogP contribution in [-0.4, -0.2) is 15.7 Å². The highest BCUT2D eigenvalue weighted by Crippen LogP contribution is 2.19. The van der Waals surface area contributed by atoms with Crippen LogP contribution in [0.3, 0.4) is 0 Å². The van der Waals surface area contributed by atoms with Gasteiger partial charge in [-0.1, -0.05) is 56.3 Å². The molecule has 4 heteroatoms. The zero-order valence-corrected chi connectivity index (χ0v) is 15.5. The molecule has 1 amide bonds. The van der Waals surface area contributed by atoms with E-state index in [1.54, 1.807) is 4.68 Å². The van der Waals surface area contributed by atoms with Crippen molar-refractivity contribution in [3.8, 4) is 5.69 Å². The highest BCUT2D eigenvalue weighted by Gasteiger charge is 2.16. The molecule has 1 unspecified atom stereocenters. The average molecular weight is 347 g/mol. The van der Waals surface area contributed by atoms with Gasteiger partial charge in [0.2, 0.25) is 5.91 Å². The lowest BCUT2D eigenvalue weighted by molar-refractivity contribution is -0.117. The van der Waals surface area contributed by atoms with Crippen LogP contribution in [-0.2, 0) is 11.2 Å². The Morgan fingerprint density at radius 3 is 2.35 bits per heavy atom. The number of anilines is 1. The summed E-state index contributed by atoms with van der Waals surface area (Å²) >= 11 is 0. The quantitative estimate of drug-likeness (QED) is 0.695. The first-order valence-corrected chi connectivity index (χ1v) is 9.03. The fourth-order valence-corrected chi connectivity index (χ4v) is 2.91. The Morgan fingerprint density at radius 1 is 1.00 bits per heavy atom. The van der Waals surface area contributed by atoms with Crippen LogP contribution in [0, 0.1) is 5.92 Å². The van der Waals surface area contributed by atoms with Crippen LogP contribution in [0.5, 0.6) is 0 Å². The van der Waals surface area contributed by atoms with E-state index in [1.807, 2.05) is 61.7 Å². The van der Waals surface area contributed by atoms with E-state index in [2.05, 4.69) is 36.4 Å². The monoisotopic (exact) mass is 347 g/mol. The van der Waals surface area contributed by atoms with Crippen molar-refractivity contribution in [3.63, 3.8) is 0 Å². The number of carbonyl (C=O) groups excluding carboxylic acids is 1. The van der Waals surface area contributed by atoms with Crippen LogP contribution in [0.2, 0.25) is 0 Å². The Balaban J connectivity index is 1.65. The molecule has 0 aliphatic carbocycles. The normalized spacial score (nSPS) is 12.2. The van der Waals surface area contributed by atoms with Gasteiger partial charge in [-0.3, -0.25) is 4.79 Å². The van der Waals surface area contributed by atoms with Gasteiger partial charge < -0.3 is 5.32 Å². The van der Waals surface area contributed by atoms with Crippen molar-refractivity contribution in [2.45, 2.75) is 33.1 Å². The largest absolute Gasteiger partial charge is 0.309 e. The Labute approximate surface area is 154 Å². The Hall–Kier alpha value is -2.88. The van der Waals surface area contributed by atoms with Crippen LogP contribution in [0.15, 0.2) is 66.9 Å². The zero-order chi connectivity index (χ0) is 18.5. The van der Waals surface area contributed by atoms with E-state index in [1.165, 1.54) is 5.56 Å². The molecule has 1 atom stereocenters.